The van der Waals surface area contributed by atoms with E-state index in [0.29, 0.717) is 24.3 Å². The van der Waals surface area contributed by atoms with Crippen molar-refractivity contribution >= 4 is 6.09 Å². The largest absolute Gasteiger partial charge is 0.442 e. The molecule has 0 aromatic carbocycles. The molecule has 0 bridgehead atoms. The van der Waals surface area contributed by atoms with E-state index in [2.05, 4.69) is 11.1 Å². The second kappa shape index (κ2) is 5.70. The first kappa shape index (κ1) is 15.3. The van der Waals surface area contributed by atoms with Gasteiger partial charge >= 0.3 is 6.09 Å². The molecule has 112 valence electrons. The van der Waals surface area contributed by atoms with Gasteiger partial charge in [-0.1, -0.05) is 0 Å². The minimum Gasteiger partial charge on any atom is -0.442 e. The third-order valence-electron chi connectivity index (χ3n) is 3.09. The molecule has 2 heterocycles. The third kappa shape index (κ3) is 3.50. The molecule has 1 aliphatic heterocycles. The number of hydrogen-bond donors (Lipinski definition) is 0. The van der Waals surface area contributed by atoms with E-state index >= 15 is 0 Å². The summed E-state index contributed by atoms with van der Waals surface area (Å²) in [5, 5.41) is 10.3. The molecule has 1 amide bonds. The van der Waals surface area contributed by atoms with Crippen molar-refractivity contribution < 1.29 is 14.4 Å². The van der Waals surface area contributed by atoms with E-state index in [9.17, 15) is 4.79 Å². The Hall–Kier alpha value is -2.13. The van der Waals surface area contributed by atoms with Gasteiger partial charge in [0.2, 0.25) is 0 Å². The van der Waals surface area contributed by atoms with Gasteiger partial charge in [-0.25, -0.2) is 4.79 Å². The van der Waals surface area contributed by atoms with Crippen LogP contribution in [-0.2, 0) is 9.57 Å². The first-order chi connectivity index (χ1) is 9.81. The molecule has 0 radical (unpaired) electrons. The number of hydrogen-bond acceptors (Lipinski definition) is 5. The van der Waals surface area contributed by atoms with Crippen molar-refractivity contribution in [2.24, 2.45) is 0 Å². The number of ether oxygens (including phenoxy) is 1. The number of rotatable bonds is 1. The van der Waals surface area contributed by atoms with Gasteiger partial charge in [-0.2, -0.15) is 10.3 Å². The van der Waals surface area contributed by atoms with Crippen LogP contribution in [0.1, 0.15) is 50.1 Å². The lowest BCUT2D eigenvalue weighted by Gasteiger charge is -2.27. The maximum atomic E-state index is 12.2. The first-order valence-corrected chi connectivity index (χ1v) is 6.83. The number of nitrogens with zero attached hydrogens (tertiary/aromatic N) is 3. The molecular weight excluding hydrogens is 270 g/mol. The fraction of sp³-hybridized carbons (Fsp3) is 0.533. The maximum absolute atomic E-state index is 12.2. The Balaban J connectivity index is 2.23. The molecule has 2 rings (SSSR count). The van der Waals surface area contributed by atoms with E-state index < -0.39 is 11.7 Å². The molecule has 1 saturated heterocycles. The molecule has 6 nitrogen and oxygen atoms in total. The van der Waals surface area contributed by atoms with E-state index in [1.54, 1.807) is 40.0 Å². The smallest absolute Gasteiger partial charge is 0.435 e. The Morgan fingerprint density at radius 3 is 2.90 bits per heavy atom. The third-order valence-corrected chi connectivity index (χ3v) is 3.09. The number of pyridine rings is 1. The van der Waals surface area contributed by atoms with Crippen molar-refractivity contribution in [2.75, 3.05) is 6.61 Å². The fourth-order valence-corrected chi connectivity index (χ4v) is 2.10. The molecule has 1 fully saturated rings. The Labute approximate surface area is 124 Å². The highest BCUT2D eigenvalue weighted by molar-refractivity contribution is 5.67. The molecular formula is C15H19N3O3. The predicted molar refractivity (Wildman–Crippen MR) is 75.1 cm³/mol. The summed E-state index contributed by atoms with van der Waals surface area (Å²) in [6.07, 6.45) is 1.80. The van der Waals surface area contributed by atoms with Crippen LogP contribution in [0.5, 0.6) is 0 Å². The average Bonchev–Trinajstić information content (AvgIpc) is 2.86. The van der Waals surface area contributed by atoms with Gasteiger partial charge in [-0.3, -0.25) is 9.82 Å². The highest BCUT2D eigenvalue weighted by atomic mass is 16.7. The van der Waals surface area contributed by atoms with Gasteiger partial charge in [-0.15, -0.1) is 0 Å². The molecule has 6 heteroatoms. The monoisotopic (exact) mass is 289 g/mol. The summed E-state index contributed by atoms with van der Waals surface area (Å²) >= 11 is 0. The summed E-state index contributed by atoms with van der Waals surface area (Å²) in [6.45, 7) is 7.62. The van der Waals surface area contributed by atoms with Crippen molar-refractivity contribution in [3.05, 3.63) is 29.1 Å². The Morgan fingerprint density at radius 1 is 1.57 bits per heavy atom. The second-order valence-corrected chi connectivity index (χ2v) is 5.96. The molecule has 0 spiro atoms. The van der Waals surface area contributed by atoms with Crippen LogP contribution in [0.25, 0.3) is 0 Å². The SMILES string of the molecule is Cc1ncc([C@@H]2CCON2C(=O)OC(C)(C)C)cc1C#N. The molecule has 0 N–H and O–H groups in total. The zero-order valence-corrected chi connectivity index (χ0v) is 12.7. The summed E-state index contributed by atoms with van der Waals surface area (Å²) in [4.78, 5) is 21.7. The zero-order chi connectivity index (χ0) is 15.6. The van der Waals surface area contributed by atoms with Gasteiger partial charge in [-0.05, 0) is 39.3 Å². The van der Waals surface area contributed by atoms with Gasteiger partial charge in [0.05, 0.1) is 23.9 Å². The average molecular weight is 289 g/mol. The lowest BCUT2D eigenvalue weighted by atomic mass is 10.0. The van der Waals surface area contributed by atoms with Crippen LogP contribution in [0, 0.1) is 18.3 Å². The van der Waals surface area contributed by atoms with Crippen molar-refractivity contribution in [3.8, 4) is 6.07 Å². The Bertz CT molecular complexity index is 587. The summed E-state index contributed by atoms with van der Waals surface area (Å²) in [7, 11) is 0. The highest BCUT2D eigenvalue weighted by Crippen LogP contribution is 2.32. The van der Waals surface area contributed by atoms with Crippen LogP contribution < -0.4 is 0 Å². The van der Waals surface area contributed by atoms with Crippen LogP contribution in [0.15, 0.2) is 12.3 Å². The van der Waals surface area contributed by atoms with E-state index in [-0.39, 0.29) is 6.04 Å². The minimum absolute atomic E-state index is 0.278. The van der Waals surface area contributed by atoms with Crippen LogP contribution in [0.3, 0.4) is 0 Å². The lowest BCUT2D eigenvalue weighted by molar-refractivity contribution is -0.125. The van der Waals surface area contributed by atoms with Gasteiger partial charge in [0.1, 0.15) is 11.7 Å². The normalized spacial score (nSPS) is 18.4. The number of aryl methyl sites for hydroxylation is 1. The lowest BCUT2D eigenvalue weighted by Crippen LogP contribution is -2.35. The number of aromatic nitrogens is 1. The maximum Gasteiger partial charge on any atom is 0.435 e. The van der Waals surface area contributed by atoms with Crippen LogP contribution >= 0.6 is 0 Å². The van der Waals surface area contributed by atoms with Gasteiger partial charge in [0, 0.05) is 12.6 Å². The number of amides is 1. The van der Waals surface area contributed by atoms with Crippen molar-refractivity contribution in [1.29, 1.82) is 5.26 Å². The molecule has 1 aromatic heterocycles. The summed E-state index contributed by atoms with van der Waals surface area (Å²) in [6, 6.07) is 3.57. The minimum atomic E-state index is -0.586. The molecule has 0 saturated carbocycles. The first-order valence-electron chi connectivity index (χ1n) is 6.83. The van der Waals surface area contributed by atoms with E-state index in [1.807, 2.05) is 0 Å². The number of nitriles is 1. The number of hydroxylamine groups is 2. The van der Waals surface area contributed by atoms with Crippen LogP contribution in [0.2, 0.25) is 0 Å². The second-order valence-electron chi connectivity index (χ2n) is 5.96. The Kier molecular flexibility index (Phi) is 4.14. The fourth-order valence-electron chi connectivity index (χ4n) is 2.10. The van der Waals surface area contributed by atoms with Crippen LogP contribution in [-0.4, -0.2) is 28.3 Å². The van der Waals surface area contributed by atoms with E-state index in [4.69, 9.17) is 14.8 Å². The van der Waals surface area contributed by atoms with Gasteiger partial charge in [0.15, 0.2) is 0 Å². The van der Waals surface area contributed by atoms with E-state index in [0.717, 1.165) is 5.56 Å². The molecule has 1 aromatic rings. The number of carbonyl (C=O) groups is 1. The van der Waals surface area contributed by atoms with Crippen molar-refractivity contribution in [2.45, 2.75) is 45.8 Å². The summed E-state index contributed by atoms with van der Waals surface area (Å²) in [5.41, 5.74) is 1.37. The zero-order valence-electron chi connectivity index (χ0n) is 12.7. The summed E-state index contributed by atoms with van der Waals surface area (Å²) < 4.78 is 5.33. The molecule has 1 atom stereocenters. The molecule has 21 heavy (non-hydrogen) atoms. The quantitative estimate of drug-likeness (QED) is 0.794. The van der Waals surface area contributed by atoms with Crippen molar-refractivity contribution in [3.63, 3.8) is 0 Å². The van der Waals surface area contributed by atoms with Crippen molar-refractivity contribution in [1.82, 2.24) is 10.0 Å². The highest BCUT2D eigenvalue weighted by Gasteiger charge is 2.35. The summed E-state index contributed by atoms with van der Waals surface area (Å²) in [5.74, 6) is 0. The van der Waals surface area contributed by atoms with Gasteiger partial charge < -0.3 is 4.74 Å². The molecule has 0 unspecified atom stereocenters. The molecule has 0 aliphatic carbocycles. The molecule has 1 aliphatic rings. The standard InChI is InChI=1S/C15H19N3O3/c1-10-11(8-16)7-12(9-17-10)13-5-6-20-18(13)14(19)21-15(2,3)4/h7,9,13H,5-6H2,1-4H3/t13-/m0/s1. The van der Waals surface area contributed by atoms with Crippen LogP contribution in [0.4, 0.5) is 4.79 Å². The van der Waals surface area contributed by atoms with E-state index in [1.165, 1.54) is 5.06 Å². The topological polar surface area (TPSA) is 75.4 Å². The Morgan fingerprint density at radius 2 is 2.29 bits per heavy atom. The predicted octanol–water partition coefficient (Wildman–Crippen LogP) is 2.88. The van der Waals surface area contributed by atoms with Gasteiger partial charge in [0.25, 0.3) is 0 Å². The number of carbonyl (C=O) groups excluding carboxylic acids is 1.